The number of guanidine groups is 1. The topological polar surface area (TPSA) is 36.4 Å². The predicted molar refractivity (Wildman–Crippen MR) is 97.1 cm³/mol. The van der Waals surface area contributed by atoms with Crippen molar-refractivity contribution < 1.29 is 13.2 Å². The first-order valence-corrected chi connectivity index (χ1v) is 7.70. The van der Waals surface area contributed by atoms with Crippen LogP contribution in [0.3, 0.4) is 0 Å². The van der Waals surface area contributed by atoms with Crippen LogP contribution in [-0.4, -0.2) is 18.5 Å². The van der Waals surface area contributed by atoms with Gasteiger partial charge in [0.05, 0.1) is 12.1 Å². The summed E-state index contributed by atoms with van der Waals surface area (Å²) in [6, 6.07) is 5.60. The first-order chi connectivity index (χ1) is 10.5. The van der Waals surface area contributed by atoms with Crippen LogP contribution < -0.4 is 10.6 Å². The van der Waals surface area contributed by atoms with Crippen LogP contribution in [-0.2, 0) is 12.7 Å². The molecule has 1 aromatic rings. The van der Waals surface area contributed by atoms with E-state index in [1.54, 1.807) is 0 Å². The Morgan fingerprint density at radius 3 is 2.30 bits per heavy atom. The van der Waals surface area contributed by atoms with Gasteiger partial charge in [-0.15, -0.1) is 24.0 Å². The van der Waals surface area contributed by atoms with E-state index in [9.17, 15) is 13.2 Å². The standard InChI is InChI=1S/C16H22F3N3.HI/c1-2-20-15(22-14-5-3-4-6-14)21-11-12-7-9-13(10-8-12)16(17,18)19;/h7-10,14H,2-6,11H2,1H3,(H2,20,21,22);1H. The molecule has 0 spiro atoms. The number of rotatable bonds is 4. The number of benzene rings is 1. The van der Waals surface area contributed by atoms with E-state index in [0.29, 0.717) is 12.6 Å². The molecule has 2 N–H and O–H groups in total. The van der Waals surface area contributed by atoms with Gasteiger partial charge < -0.3 is 10.6 Å². The summed E-state index contributed by atoms with van der Waals surface area (Å²) < 4.78 is 37.5. The summed E-state index contributed by atoms with van der Waals surface area (Å²) in [4.78, 5) is 4.45. The highest BCUT2D eigenvalue weighted by atomic mass is 127. The van der Waals surface area contributed by atoms with E-state index in [1.807, 2.05) is 6.92 Å². The molecular formula is C16H23F3IN3. The number of alkyl halides is 3. The van der Waals surface area contributed by atoms with Gasteiger partial charge in [-0.05, 0) is 37.5 Å². The molecule has 1 saturated carbocycles. The van der Waals surface area contributed by atoms with Gasteiger partial charge in [0.1, 0.15) is 0 Å². The summed E-state index contributed by atoms with van der Waals surface area (Å²) in [5.74, 6) is 0.731. The monoisotopic (exact) mass is 441 g/mol. The molecule has 3 nitrogen and oxygen atoms in total. The molecule has 0 saturated heterocycles. The van der Waals surface area contributed by atoms with Crippen molar-refractivity contribution in [3.63, 3.8) is 0 Å². The molecule has 0 heterocycles. The number of aliphatic imine (C=N–C) groups is 1. The van der Waals surface area contributed by atoms with Crippen LogP contribution in [0.1, 0.15) is 43.7 Å². The molecule has 1 aliphatic carbocycles. The van der Waals surface area contributed by atoms with Crippen molar-refractivity contribution in [3.8, 4) is 0 Å². The molecule has 0 aromatic heterocycles. The zero-order valence-corrected chi connectivity index (χ0v) is 15.4. The van der Waals surface area contributed by atoms with E-state index >= 15 is 0 Å². The second kappa shape index (κ2) is 9.34. The maximum atomic E-state index is 12.5. The molecule has 0 amide bonds. The molecule has 1 fully saturated rings. The Hall–Kier alpha value is -0.990. The number of nitrogens with zero attached hydrogens (tertiary/aromatic N) is 1. The molecule has 0 radical (unpaired) electrons. The Labute approximate surface area is 152 Å². The SMILES string of the molecule is CCNC(=NCc1ccc(C(F)(F)F)cc1)NC1CCCC1.I. The molecule has 0 aliphatic heterocycles. The Morgan fingerprint density at radius 2 is 1.78 bits per heavy atom. The summed E-state index contributed by atoms with van der Waals surface area (Å²) in [6.45, 7) is 3.11. The van der Waals surface area contributed by atoms with Gasteiger partial charge in [-0.2, -0.15) is 13.2 Å². The number of hydrogen-bond acceptors (Lipinski definition) is 1. The van der Waals surface area contributed by atoms with Crippen LogP contribution in [0.4, 0.5) is 13.2 Å². The zero-order chi connectivity index (χ0) is 16.0. The average molecular weight is 441 g/mol. The molecular weight excluding hydrogens is 418 g/mol. The zero-order valence-electron chi connectivity index (χ0n) is 13.1. The van der Waals surface area contributed by atoms with E-state index in [-0.39, 0.29) is 24.0 Å². The third-order valence-electron chi connectivity index (χ3n) is 3.74. The fraction of sp³-hybridized carbons (Fsp3) is 0.562. The van der Waals surface area contributed by atoms with Gasteiger partial charge in [-0.3, -0.25) is 0 Å². The largest absolute Gasteiger partial charge is 0.416 e. The van der Waals surface area contributed by atoms with Crippen molar-refractivity contribution in [1.82, 2.24) is 10.6 Å². The lowest BCUT2D eigenvalue weighted by Crippen LogP contribution is -2.42. The van der Waals surface area contributed by atoms with Crippen LogP contribution in [0.15, 0.2) is 29.3 Å². The Balaban J connectivity index is 0.00000264. The minimum Gasteiger partial charge on any atom is -0.357 e. The van der Waals surface area contributed by atoms with E-state index in [4.69, 9.17) is 0 Å². The normalized spacial score (nSPS) is 16.1. The van der Waals surface area contributed by atoms with Gasteiger partial charge in [0.2, 0.25) is 0 Å². The van der Waals surface area contributed by atoms with Gasteiger partial charge in [-0.25, -0.2) is 4.99 Å². The van der Waals surface area contributed by atoms with Gasteiger partial charge in [0.15, 0.2) is 5.96 Å². The van der Waals surface area contributed by atoms with Crippen LogP contribution >= 0.6 is 24.0 Å². The van der Waals surface area contributed by atoms with Crippen molar-refractivity contribution in [3.05, 3.63) is 35.4 Å². The minimum absolute atomic E-state index is 0. The molecule has 1 aliphatic rings. The Bertz CT molecular complexity index is 494. The van der Waals surface area contributed by atoms with Crippen LogP contribution in [0.2, 0.25) is 0 Å². The smallest absolute Gasteiger partial charge is 0.357 e. The quantitative estimate of drug-likeness (QED) is 0.415. The Kier molecular flexibility index (Phi) is 8.15. The third kappa shape index (κ3) is 6.56. The fourth-order valence-electron chi connectivity index (χ4n) is 2.55. The highest BCUT2D eigenvalue weighted by molar-refractivity contribution is 14.0. The molecule has 23 heavy (non-hydrogen) atoms. The lowest BCUT2D eigenvalue weighted by atomic mass is 10.1. The van der Waals surface area contributed by atoms with Crippen molar-refractivity contribution in [2.45, 2.75) is 51.4 Å². The lowest BCUT2D eigenvalue weighted by molar-refractivity contribution is -0.137. The molecule has 130 valence electrons. The molecule has 7 heteroatoms. The van der Waals surface area contributed by atoms with Crippen LogP contribution in [0.5, 0.6) is 0 Å². The van der Waals surface area contributed by atoms with Gasteiger partial charge in [0, 0.05) is 12.6 Å². The number of halogens is 4. The van der Waals surface area contributed by atoms with E-state index in [0.717, 1.165) is 43.0 Å². The van der Waals surface area contributed by atoms with Crippen molar-refractivity contribution in [1.29, 1.82) is 0 Å². The maximum Gasteiger partial charge on any atom is 0.416 e. The first-order valence-electron chi connectivity index (χ1n) is 7.70. The predicted octanol–water partition coefficient (Wildman–Crippen LogP) is 4.32. The molecule has 0 unspecified atom stereocenters. The second-order valence-corrected chi connectivity index (χ2v) is 5.52. The van der Waals surface area contributed by atoms with Crippen molar-refractivity contribution >= 4 is 29.9 Å². The summed E-state index contributed by atoms with van der Waals surface area (Å²) in [5.41, 5.74) is 0.132. The number of hydrogen-bond donors (Lipinski definition) is 2. The summed E-state index contributed by atoms with van der Waals surface area (Å²) in [6.07, 6.45) is 0.460. The Morgan fingerprint density at radius 1 is 1.17 bits per heavy atom. The molecule has 1 aromatic carbocycles. The van der Waals surface area contributed by atoms with Crippen LogP contribution in [0.25, 0.3) is 0 Å². The third-order valence-corrected chi connectivity index (χ3v) is 3.74. The van der Waals surface area contributed by atoms with Gasteiger partial charge in [0.25, 0.3) is 0 Å². The van der Waals surface area contributed by atoms with E-state index < -0.39 is 11.7 Å². The fourth-order valence-corrected chi connectivity index (χ4v) is 2.55. The molecule has 0 atom stereocenters. The highest BCUT2D eigenvalue weighted by Crippen LogP contribution is 2.29. The first kappa shape index (κ1) is 20.1. The highest BCUT2D eigenvalue weighted by Gasteiger charge is 2.29. The van der Waals surface area contributed by atoms with Crippen molar-refractivity contribution in [2.75, 3.05) is 6.54 Å². The van der Waals surface area contributed by atoms with E-state index in [1.165, 1.54) is 25.0 Å². The molecule has 2 rings (SSSR count). The summed E-state index contributed by atoms with van der Waals surface area (Å²) >= 11 is 0. The average Bonchev–Trinajstić information content (AvgIpc) is 2.97. The summed E-state index contributed by atoms with van der Waals surface area (Å²) in [5, 5.41) is 6.56. The van der Waals surface area contributed by atoms with Gasteiger partial charge >= 0.3 is 6.18 Å². The number of nitrogens with one attached hydrogen (secondary N) is 2. The minimum atomic E-state index is -4.29. The summed E-state index contributed by atoms with van der Waals surface area (Å²) in [7, 11) is 0. The second-order valence-electron chi connectivity index (χ2n) is 5.52. The van der Waals surface area contributed by atoms with E-state index in [2.05, 4.69) is 15.6 Å². The van der Waals surface area contributed by atoms with Crippen LogP contribution in [0, 0.1) is 0 Å². The lowest BCUT2D eigenvalue weighted by Gasteiger charge is -2.16. The maximum absolute atomic E-state index is 12.5. The van der Waals surface area contributed by atoms with Gasteiger partial charge in [-0.1, -0.05) is 25.0 Å². The van der Waals surface area contributed by atoms with Crippen molar-refractivity contribution in [2.24, 2.45) is 4.99 Å². The molecule has 0 bridgehead atoms.